The maximum atomic E-state index is 12.1. The second kappa shape index (κ2) is 6.72. The van der Waals surface area contributed by atoms with Crippen LogP contribution in [0.25, 0.3) is 10.8 Å². The molecule has 0 heterocycles. The van der Waals surface area contributed by atoms with Gasteiger partial charge in [0.15, 0.2) is 0 Å². The van der Waals surface area contributed by atoms with Gasteiger partial charge >= 0.3 is 0 Å². The number of amides is 1. The summed E-state index contributed by atoms with van der Waals surface area (Å²) < 4.78 is 0. The third-order valence-corrected chi connectivity index (χ3v) is 3.94. The molecule has 2 N–H and O–H groups in total. The summed E-state index contributed by atoms with van der Waals surface area (Å²) >= 11 is 5.87. The van der Waals surface area contributed by atoms with Crippen molar-refractivity contribution in [3.63, 3.8) is 0 Å². The average Bonchev–Trinajstić information content (AvgIpc) is 2.60. The molecule has 0 saturated heterocycles. The normalized spacial score (nSPS) is 11.5. The SMILES string of the molecule is C/C(=N\NC(=O)c1cccc(Cl)c1)c1ccc2ccccc2c1O. The van der Waals surface area contributed by atoms with Crippen molar-refractivity contribution in [2.45, 2.75) is 6.92 Å². The van der Waals surface area contributed by atoms with Gasteiger partial charge < -0.3 is 5.11 Å². The number of carbonyl (C=O) groups is 1. The van der Waals surface area contributed by atoms with Gasteiger partial charge in [0, 0.05) is 21.5 Å². The van der Waals surface area contributed by atoms with Crippen molar-refractivity contribution >= 4 is 34.0 Å². The zero-order valence-corrected chi connectivity index (χ0v) is 13.7. The summed E-state index contributed by atoms with van der Waals surface area (Å²) in [6.07, 6.45) is 0. The summed E-state index contributed by atoms with van der Waals surface area (Å²) in [5, 5.41) is 16.7. The van der Waals surface area contributed by atoms with E-state index >= 15 is 0 Å². The van der Waals surface area contributed by atoms with Gasteiger partial charge in [0.05, 0.1) is 5.71 Å². The van der Waals surface area contributed by atoms with Gasteiger partial charge in [-0.25, -0.2) is 5.43 Å². The van der Waals surface area contributed by atoms with Gasteiger partial charge in [-0.15, -0.1) is 0 Å². The molecule has 0 fully saturated rings. The topological polar surface area (TPSA) is 61.7 Å². The minimum Gasteiger partial charge on any atom is -0.507 e. The van der Waals surface area contributed by atoms with Gasteiger partial charge in [-0.1, -0.05) is 48.0 Å². The minimum absolute atomic E-state index is 0.145. The van der Waals surface area contributed by atoms with Crippen LogP contribution in [0.3, 0.4) is 0 Å². The van der Waals surface area contributed by atoms with Gasteiger partial charge in [0.1, 0.15) is 5.75 Å². The number of phenolic OH excluding ortho intramolecular Hbond substituents is 1. The predicted molar refractivity (Wildman–Crippen MR) is 96.7 cm³/mol. The molecule has 0 aliphatic carbocycles. The highest BCUT2D eigenvalue weighted by Crippen LogP contribution is 2.28. The summed E-state index contributed by atoms with van der Waals surface area (Å²) in [5.41, 5.74) is 3.97. The van der Waals surface area contributed by atoms with Gasteiger partial charge in [0.25, 0.3) is 5.91 Å². The van der Waals surface area contributed by atoms with Crippen LogP contribution >= 0.6 is 11.6 Å². The third kappa shape index (κ3) is 3.24. The van der Waals surface area contributed by atoms with E-state index in [1.165, 1.54) is 0 Å². The van der Waals surface area contributed by atoms with Crippen LogP contribution in [0.2, 0.25) is 5.02 Å². The molecule has 3 aromatic rings. The molecule has 0 aliphatic rings. The molecule has 24 heavy (non-hydrogen) atoms. The molecule has 0 aliphatic heterocycles. The van der Waals surface area contributed by atoms with E-state index in [2.05, 4.69) is 10.5 Å². The van der Waals surface area contributed by atoms with Crippen LogP contribution in [0.5, 0.6) is 5.75 Å². The van der Waals surface area contributed by atoms with E-state index in [0.717, 1.165) is 10.8 Å². The second-order valence-electron chi connectivity index (χ2n) is 5.33. The second-order valence-corrected chi connectivity index (χ2v) is 5.77. The summed E-state index contributed by atoms with van der Waals surface area (Å²) in [6, 6.07) is 17.8. The molecular weight excluding hydrogens is 324 g/mol. The molecule has 5 heteroatoms. The minimum atomic E-state index is -0.364. The Hall–Kier alpha value is -2.85. The van der Waals surface area contributed by atoms with Crippen LogP contribution in [0.4, 0.5) is 0 Å². The monoisotopic (exact) mass is 338 g/mol. The van der Waals surface area contributed by atoms with Crippen molar-refractivity contribution in [1.82, 2.24) is 5.43 Å². The Morgan fingerprint density at radius 2 is 1.88 bits per heavy atom. The quantitative estimate of drug-likeness (QED) is 0.551. The molecule has 120 valence electrons. The fourth-order valence-electron chi connectivity index (χ4n) is 2.44. The highest BCUT2D eigenvalue weighted by Gasteiger charge is 2.10. The maximum absolute atomic E-state index is 12.1. The lowest BCUT2D eigenvalue weighted by molar-refractivity contribution is 0.0955. The third-order valence-electron chi connectivity index (χ3n) is 3.70. The molecule has 1 amide bonds. The number of phenols is 1. The zero-order chi connectivity index (χ0) is 17.1. The summed E-state index contributed by atoms with van der Waals surface area (Å²) in [4.78, 5) is 12.1. The Morgan fingerprint density at radius 1 is 1.08 bits per heavy atom. The summed E-state index contributed by atoms with van der Waals surface area (Å²) in [6.45, 7) is 1.72. The molecule has 0 bridgehead atoms. The Kier molecular flexibility index (Phi) is 4.49. The highest BCUT2D eigenvalue weighted by molar-refractivity contribution is 6.31. The Balaban J connectivity index is 1.86. The largest absolute Gasteiger partial charge is 0.507 e. The number of hydrogen-bond donors (Lipinski definition) is 2. The number of carbonyl (C=O) groups excluding carboxylic acids is 1. The highest BCUT2D eigenvalue weighted by atomic mass is 35.5. The maximum Gasteiger partial charge on any atom is 0.271 e. The number of aromatic hydroxyl groups is 1. The van der Waals surface area contributed by atoms with Crippen LogP contribution < -0.4 is 5.43 Å². The molecule has 3 aromatic carbocycles. The van der Waals surface area contributed by atoms with Crippen molar-refractivity contribution in [2.75, 3.05) is 0 Å². The molecular formula is C19H15ClN2O2. The number of hydrazone groups is 1. The van der Waals surface area contributed by atoms with E-state index in [1.54, 1.807) is 37.3 Å². The molecule has 0 aromatic heterocycles. The van der Waals surface area contributed by atoms with Crippen LogP contribution in [-0.4, -0.2) is 16.7 Å². The molecule has 4 nitrogen and oxygen atoms in total. The molecule has 3 rings (SSSR count). The van der Waals surface area contributed by atoms with Crippen molar-refractivity contribution in [3.8, 4) is 5.75 Å². The van der Waals surface area contributed by atoms with Gasteiger partial charge in [-0.3, -0.25) is 4.79 Å². The zero-order valence-electron chi connectivity index (χ0n) is 13.0. The van der Waals surface area contributed by atoms with Gasteiger partial charge in [-0.2, -0.15) is 5.10 Å². The number of nitrogens with one attached hydrogen (secondary N) is 1. The lowest BCUT2D eigenvalue weighted by Gasteiger charge is -2.08. The summed E-state index contributed by atoms with van der Waals surface area (Å²) in [5.74, 6) is -0.219. The lowest BCUT2D eigenvalue weighted by atomic mass is 10.0. The first-order valence-corrected chi connectivity index (χ1v) is 7.75. The smallest absolute Gasteiger partial charge is 0.271 e. The number of rotatable bonds is 3. The first-order chi connectivity index (χ1) is 11.6. The Bertz CT molecular complexity index is 951. The molecule has 0 saturated carbocycles. The van der Waals surface area contributed by atoms with E-state index < -0.39 is 0 Å². The van der Waals surface area contributed by atoms with E-state index in [-0.39, 0.29) is 11.7 Å². The number of nitrogens with zero attached hydrogens (tertiary/aromatic N) is 1. The van der Waals surface area contributed by atoms with Crippen molar-refractivity contribution < 1.29 is 9.90 Å². The standard InChI is InChI=1S/C19H15ClN2O2/c1-12(21-22-19(24)14-6-4-7-15(20)11-14)16-10-9-13-5-2-3-8-17(13)18(16)23/h2-11,23H,1H3,(H,22,24)/b21-12+. The van der Waals surface area contributed by atoms with E-state index in [4.69, 9.17) is 11.6 Å². The fourth-order valence-corrected chi connectivity index (χ4v) is 2.63. The first-order valence-electron chi connectivity index (χ1n) is 7.37. The van der Waals surface area contributed by atoms with Crippen molar-refractivity contribution in [1.29, 1.82) is 0 Å². The Morgan fingerprint density at radius 3 is 2.67 bits per heavy atom. The Labute approximate surface area is 144 Å². The van der Waals surface area contributed by atoms with Crippen LogP contribution in [0.1, 0.15) is 22.8 Å². The van der Waals surface area contributed by atoms with Crippen LogP contribution in [-0.2, 0) is 0 Å². The molecule has 0 spiro atoms. The average molecular weight is 339 g/mol. The summed E-state index contributed by atoms with van der Waals surface area (Å²) in [7, 11) is 0. The lowest BCUT2D eigenvalue weighted by Crippen LogP contribution is -2.19. The van der Waals surface area contributed by atoms with Crippen LogP contribution in [0.15, 0.2) is 65.8 Å². The number of hydrogen-bond acceptors (Lipinski definition) is 3. The van der Waals surface area contributed by atoms with Gasteiger partial charge in [0.2, 0.25) is 0 Å². The van der Waals surface area contributed by atoms with Crippen LogP contribution in [0, 0.1) is 0 Å². The predicted octanol–water partition coefficient (Wildman–Crippen LogP) is 4.35. The molecule has 0 radical (unpaired) electrons. The van der Waals surface area contributed by atoms with E-state index in [1.807, 2.05) is 30.3 Å². The van der Waals surface area contributed by atoms with Crippen molar-refractivity contribution in [3.05, 3.63) is 76.8 Å². The number of benzene rings is 3. The number of fused-ring (bicyclic) bond motifs is 1. The van der Waals surface area contributed by atoms with E-state index in [9.17, 15) is 9.90 Å². The van der Waals surface area contributed by atoms with E-state index in [0.29, 0.717) is 21.9 Å². The molecule has 0 unspecified atom stereocenters. The number of halogens is 1. The van der Waals surface area contributed by atoms with Gasteiger partial charge in [-0.05, 0) is 36.6 Å². The van der Waals surface area contributed by atoms with Crippen molar-refractivity contribution in [2.24, 2.45) is 5.10 Å². The first kappa shape index (κ1) is 16.0. The fraction of sp³-hybridized carbons (Fsp3) is 0.0526. The molecule has 0 atom stereocenters.